The Labute approximate surface area is 100 Å². The van der Waals surface area contributed by atoms with Crippen LogP contribution in [0, 0.1) is 6.92 Å². The van der Waals surface area contributed by atoms with Gasteiger partial charge in [0.1, 0.15) is 12.4 Å². The van der Waals surface area contributed by atoms with Crippen molar-refractivity contribution in [2.24, 2.45) is 0 Å². The third kappa shape index (κ3) is 2.97. The van der Waals surface area contributed by atoms with Crippen molar-refractivity contribution >= 4 is 5.97 Å². The van der Waals surface area contributed by atoms with E-state index in [4.69, 9.17) is 14.6 Å². The molecule has 1 aromatic rings. The van der Waals surface area contributed by atoms with Gasteiger partial charge in [-0.05, 0) is 37.5 Å². The highest BCUT2D eigenvalue weighted by Crippen LogP contribution is 2.21. The van der Waals surface area contributed by atoms with Gasteiger partial charge < -0.3 is 14.6 Å². The quantitative estimate of drug-likeness (QED) is 0.871. The predicted octanol–water partition coefficient (Wildman–Crippen LogP) is 2.25. The molecule has 4 heteroatoms. The summed E-state index contributed by atoms with van der Waals surface area (Å²) in [6.07, 6.45) is 2.22. The molecule has 1 fully saturated rings. The highest BCUT2D eigenvalue weighted by molar-refractivity contribution is 5.88. The fraction of sp³-hybridized carbons (Fsp3) is 0.462. The fourth-order valence-corrected chi connectivity index (χ4v) is 1.85. The molecule has 17 heavy (non-hydrogen) atoms. The zero-order chi connectivity index (χ0) is 12.3. The number of carboxylic acid groups (broad SMARTS) is 1. The zero-order valence-electron chi connectivity index (χ0n) is 9.81. The van der Waals surface area contributed by atoms with E-state index in [-0.39, 0.29) is 11.7 Å². The first kappa shape index (κ1) is 11.9. The molecule has 1 aliphatic heterocycles. The molecule has 0 saturated carbocycles. The van der Waals surface area contributed by atoms with Crippen molar-refractivity contribution in [1.29, 1.82) is 0 Å². The largest absolute Gasteiger partial charge is 0.491 e. The monoisotopic (exact) mass is 236 g/mol. The summed E-state index contributed by atoms with van der Waals surface area (Å²) in [5.74, 6) is -0.313. The fourth-order valence-electron chi connectivity index (χ4n) is 1.85. The molecule has 0 bridgehead atoms. The van der Waals surface area contributed by atoms with Gasteiger partial charge in [-0.1, -0.05) is 6.07 Å². The molecule has 1 aromatic carbocycles. The molecule has 0 aromatic heterocycles. The zero-order valence-corrected chi connectivity index (χ0v) is 9.81. The Morgan fingerprint density at radius 1 is 1.59 bits per heavy atom. The molecule has 0 aliphatic carbocycles. The van der Waals surface area contributed by atoms with Crippen molar-refractivity contribution in [1.82, 2.24) is 0 Å². The summed E-state index contributed by atoms with van der Waals surface area (Å²) in [7, 11) is 0. The van der Waals surface area contributed by atoms with Crippen molar-refractivity contribution in [2.75, 3.05) is 13.2 Å². The maximum Gasteiger partial charge on any atom is 0.335 e. The molecular weight excluding hydrogens is 220 g/mol. The molecule has 0 amide bonds. The van der Waals surface area contributed by atoms with E-state index in [1.165, 1.54) is 0 Å². The number of aromatic carboxylic acids is 1. The second kappa shape index (κ2) is 5.19. The number of aryl methyl sites for hydroxylation is 1. The molecular formula is C13H16O4. The number of hydrogen-bond acceptors (Lipinski definition) is 3. The van der Waals surface area contributed by atoms with E-state index in [1.807, 2.05) is 6.92 Å². The molecule has 1 aliphatic rings. The van der Waals surface area contributed by atoms with Crippen LogP contribution in [0.15, 0.2) is 18.2 Å². The van der Waals surface area contributed by atoms with Crippen LogP contribution in [0.2, 0.25) is 0 Å². The number of carboxylic acids is 1. The first-order valence-corrected chi connectivity index (χ1v) is 5.75. The van der Waals surface area contributed by atoms with Crippen LogP contribution in [-0.2, 0) is 4.74 Å². The Hall–Kier alpha value is -1.55. The van der Waals surface area contributed by atoms with Crippen LogP contribution in [0.25, 0.3) is 0 Å². The lowest BCUT2D eigenvalue weighted by molar-refractivity contribution is 0.0670. The maximum absolute atomic E-state index is 10.8. The summed E-state index contributed by atoms with van der Waals surface area (Å²) in [5.41, 5.74) is 1.19. The molecule has 1 saturated heterocycles. The molecule has 1 N–H and O–H groups in total. The van der Waals surface area contributed by atoms with Gasteiger partial charge in [0.2, 0.25) is 0 Å². The minimum Gasteiger partial charge on any atom is -0.491 e. The molecule has 4 nitrogen and oxygen atoms in total. The van der Waals surface area contributed by atoms with Gasteiger partial charge >= 0.3 is 5.97 Å². The lowest BCUT2D eigenvalue weighted by Crippen LogP contribution is -2.16. The number of hydrogen-bond donors (Lipinski definition) is 1. The lowest BCUT2D eigenvalue weighted by atomic mass is 10.1. The van der Waals surface area contributed by atoms with Gasteiger partial charge in [0, 0.05) is 6.61 Å². The van der Waals surface area contributed by atoms with Crippen molar-refractivity contribution in [2.45, 2.75) is 25.9 Å². The third-order valence-electron chi connectivity index (χ3n) is 2.88. The van der Waals surface area contributed by atoms with Gasteiger partial charge in [-0.25, -0.2) is 4.79 Å². The van der Waals surface area contributed by atoms with E-state index < -0.39 is 5.97 Å². The first-order valence-electron chi connectivity index (χ1n) is 5.75. The van der Waals surface area contributed by atoms with Gasteiger partial charge in [0.05, 0.1) is 11.7 Å². The smallest absolute Gasteiger partial charge is 0.335 e. The van der Waals surface area contributed by atoms with Crippen molar-refractivity contribution < 1.29 is 19.4 Å². The van der Waals surface area contributed by atoms with Crippen LogP contribution in [0.4, 0.5) is 0 Å². The van der Waals surface area contributed by atoms with Crippen LogP contribution in [0.3, 0.4) is 0 Å². The predicted molar refractivity (Wildman–Crippen MR) is 62.6 cm³/mol. The Morgan fingerprint density at radius 3 is 3.06 bits per heavy atom. The van der Waals surface area contributed by atoms with Gasteiger partial charge in [-0.2, -0.15) is 0 Å². The summed E-state index contributed by atoms with van der Waals surface area (Å²) in [4.78, 5) is 10.8. The van der Waals surface area contributed by atoms with Crippen LogP contribution in [-0.4, -0.2) is 30.4 Å². The number of benzene rings is 1. The maximum atomic E-state index is 10.8. The Balaban J connectivity index is 2.03. The Kier molecular flexibility index (Phi) is 3.64. The average Bonchev–Trinajstić information content (AvgIpc) is 2.80. The highest BCUT2D eigenvalue weighted by atomic mass is 16.5. The van der Waals surface area contributed by atoms with E-state index in [1.54, 1.807) is 18.2 Å². The summed E-state index contributed by atoms with van der Waals surface area (Å²) >= 11 is 0. The van der Waals surface area contributed by atoms with E-state index in [0.29, 0.717) is 12.4 Å². The van der Waals surface area contributed by atoms with Crippen molar-refractivity contribution in [3.8, 4) is 5.75 Å². The molecule has 0 radical (unpaired) electrons. The van der Waals surface area contributed by atoms with Gasteiger partial charge in [-0.15, -0.1) is 0 Å². The lowest BCUT2D eigenvalue weighted by Gasteiger charge is -2.13. The first-order chi connectivity index (χ1) is 8.16. The molecule has 1 atom stereocenters. The number of ether oxygens (including phenoxy) is 2. The SMILES string of the molecule is Cc1ccc(C(=O)O)cc1OCC1CCCO1. The second-order valence-corrected chi connectivity index (χ2v) is 4.23. The minimum absolute atomic E-state index is 0.142. The van der Waals surface area contributed by atoms with Crippen LogP contribution in [0.1, 0.15) is 28.8 Å². The molecule has 0 spiro atoms. The minimum atomic E-state index is -0.938. The molecule has 92 valence electrons. The van der Waals surface area contributed by atoms with Crippen molar-refractivity contribution in [3.05, 3.63) is 29.3 Å². The van der Waals surface area contributed by atoms with Crippen LogP contribution >= 0.6 is 0 Å². The molecule has 2 rings (SSSR count). The van der Waals surface area contributed by atoms with E-state index in [0.717, 1.165) is 25.0 Å². The molecule has 1 unspecified atom stereocenters. The number of rotatable bonds is 4. The third-order valence-corrected chi connectivity index (χ3v) is 2.88. The average molecular weight is 236 g/mol. The topological polar surface area (TPSA) is 55.8 Å². The van der Waals surface area contributed by atoms with Crippen LogP contribution < -0.4 is 4.74 Å². The normalized spacial score (nSPS) is 19.2. The summed E-state index contributed by atoms with van der Waals surface area (Å²) in [6.45, 7) is 3.18. The Bertz CT molecular complexity index is 408. The van der Waals surface area contributed by atoms with Gasteiger partial charge in [0.15, 0.2) is 0 Å². The summed E-state index contributed by atoms with van der Waals surface area (Å²) in [5, 5.41) is 8.90. The summed E-state index contributed by atoms with van der Waals surface area (Å²) < 4.78 is 11.1. The number of carbonyl (C=O) groups is 1. The molecule has 1 heterocycles. The second-order valence-electron chi connectivity index (χ2n) is 4.23. The van der Waals surface area contributed by atoms with Crippen LogP contribution in [0.5, 0.6) is 5.75 Å². The standard InChI is InChI=1S/C13H16O4/c1-9-4-5-10(13(14)15)7-12(9)17-8-11-3-2-6-16-11/h4-5,7,11H,2-3,6,8H2,1H3,(H,14,15). The van der Waals surface area contributed by atoms with Gasteiger partial charge in [0.25, 0.3) is 0 Å². The Morgan fingerprint density at radius 2 is 2.41 bits per heavy atom. The van der Waals surface area contributed by atoms with E-state index in [2.05, 4.69) is 0 Å². The van der Waals surface area contributed by atoms with E-state index in [9.17, 15) is 4.79 Å². The van der Waals surface area contributed by atoms with Crippen molar-refractivity contribution in [3.63, 3.8) is 0 Å². The highest BCUT2D eigenvalue weighted by Gasteiger charge is 2.16. The van der Waals surface area contributed by atoms with Gasteiger partial charge in [-0.3, -0.25) is 0 Å². The summed E-state index contributed by atoms with van der Waals surface area (Å²) in [6, 6.07) is 4.90. The van der Waals surface area contributed by atoms with E-state index >= 15 is 0 Å².